The van der Waals surface area contributed by atoms with Crippen LogP contribution < -0.4 is 0 Å². The molecule has 0 amide bonds. The normalized spacial score (nSPS) is 10.5. The summed E-state index contributed by atoms with van der Waals surface area (Å²) in [7, 11) is 1.31. The van der Waals surface area contributed by atoms with Gasteiger partial charge in [-0.25, -0.2) is 4.79 Å². The number of nitrogens with zero attached hydrogens (tertiary/aromatic N) is 1. The number of aryl methyl sites for hydroxylation is 1. The fraction of sp³-hybridized carbons (Fsp3) is 0.286. The molecule has 0 aliphatic rings. The minimum absolute atomic E-state index is 0.176. The van der Waals surface area contributed by atoms with E-state index in [0.717, 1.165) is 17.7 Å². The number of furan rings is 1. The van der Waals surface area contributed by atoms with Gasteiger partial charge in [-0.2, -0.15) is 0 Å². The third-order valence-electron chi connectivity index (χ3n) is 3.10. The summed E-state index contributed by atoms with van der Waals surface area (Å²) < 4.78 is 12.0. The Kier molecular flexibility index (Phi) is 3.55. The van der Waals surface area contributed by atoms with Crippen LogP contribution >= 0.6 is 0 Å². The fourth-order valence-corrected chi connectivity index (χ4v) is 2.02. The van der Waals surface area contributed by atoms with Crippen molar-refractivity contribution in [2.45, 2.75) is 20.4 Å². The van der Waals surface area contributed by atoms with Crippen LogP contribution in [0.3, 0.4) is 0 Å². The highest BCUT2D eigenvalue weighted by atomic mass is 16.5. The van der Waals surface area contributed by atoms with Crippen molar-refractivity contribution >= 4 is 12.3 Å². The van der Waals surface area contributed by atoms with Crippen molar-refractivity contribution < 1.29 is 18.7 Å². The molecule has 0 aliphatic carbocycles. The van der Waals surface area contributed by atoms with E-state index in [0.29, 0.717) is 17.9 Å². The zero-order valence-electron chi connectivity index (χ0n) is 11.1. The quantitative estimate of drug-likeness (QED) is 0.626. The van der Waals surface area contributed by atoms with E-state index in [-0.39, 0.29) is 5.76 Å². The van der Waals surface area contributed by atoms with Crippen molar-refractivity contribution in [3.63, 3.8) is 0 Å². The maximum absolute atomic E-state index is 11.3. The Bertz CT molecular complexity index is 621. The fourth-order valence-electron chi connectivity index (χ4n) is 2.02. The molecule has 0 saturated heterocycles. The second-order valence-electron chi connectivity index (χ2n) is 4.29. The molecule has 0 fully saturated rings. The van der Waals surface area contributed by atoms with Crippen LogP contribution in [-0.2, 0) is 11.3 Å². The summed E-state index contributed by atoms with van der Waals surface area (Å²) in [5.74, 6) is 0.316. The first-order chi connectivity index (χ1) is 9.06. The van der Waals surface area contributed by atoms with Crippen molar-refractivity contribution in [2.24, 2.45) is 0 Å². The number of rotatable bonds is 4. The van der Waals surface area contributed by atoms with Crippen molar-refractivity contribution in [3.05, 3.63) is 46.7 Å². The van der Waals surface area contributed by atoms with Crippen LogP contribution in [0.4, 0.5) is 0 Å². The molecule has 5 heteroatoms. The molecule has 0 aromatic carbocycles. The number of aromatic nitrogens is 1. The SMILES string of the molecule is COC(=O)c1ccc(Cn2c(C)cc(C=O)c2C)o1. The van der Waals surface area contributed by atoms with Crippen LogP contribution in [0.25, 0.3) is 0 Å². The largest absolute Gasteiger partial charge is 0.463 e. The Balaban J connectivity index is 2.26. The summed E-state index contributed by atoms with van der Waals surface area (Å²) in [5.41, 5.74) is 2.51. The molecule has 0 atom stereocenters. The minimum atomic E-state index is -0.499. The molecule has 0 radical (unpaired) electrons. The molecule has 19 heavy (non-hydrogen) atoms. The number of hydrogen-bond donors (Lipinski definition) is 0. The van der Waals surface area contributed by atoms with E-state index in [1.807, 2.05) is 24.5 Å². The average Bonchev–Trinajstić information content (AvgIpc) is 2.98. The monoisotopic (exact) mass is 261 g/mol. The molecule has 0 saturated carbocycles. The predicted molar refractivity (Wildman–Crippen MR) is 68.4 cm³/mol. The molecule has 2 aromatic heterocycles. The van der Waals surface area contributed by atoms with E-state index in [9.17, 15) is 9.59 Å². The van der Waals surface area contributed by atoms with Gasteiger partial charge in [-0.1, -0.05) is 0 Å². The van der Waals surface area contributed by atoms with Gasteiger partial charge >= 0.3 is 5.97 Å². The highest BCUT2D eigenvalue weighted by molar-refractivity contribution is 5.86. The van der Waals surface area contributed by atoms with Gasteiger partial charge in [0.15, 0.2) is 6.29 Å². The third kappa shape index (κ3) is 2.45. The van der Waals surface area contributed by atoms with E-state index in [4.69, 9.17) is 4.42 Å². The van der Waals surface area contributed by atoms with Crippen LogP contribution in [0.1, 0.15) is 38.1 Å². The minimum Gasteiger partial charge on any atom is -0.463 e. The lowest BCUT2D eigenvalue weighted by Gasteiger charge is -2.07. The van der Waals surface area contributed by atoms with E-state index in [1.165, 1.54) is 7.11 Å². The van der Waals surface area contributed by atoms with E-state index >= 15 is 0 Å². The van der Waals surface area contributed by atoms with Crippen molar-refractivity contribution in [1.29, 1.82) is 0 Å². The molecular weight excluding hydrogens is 246 g/mol. The maximum atomic E-state index is 11.3. The Morgan fingerprint density at radius 3 is 2.74 bits per heavy atom. The first-order valence-corrected chi connectivity index (χ1v) is 5.85. The van der Waals surface area contributed by atoms with Crippen molar-refractivity contribution in [3.8, 4) is 0 Å². The van der Waals surface area contributed by atoms with Gasteiger partial charge in [0.05, 0.1) is 13.7 Å². The lowest BCUT2D eigenvalue weighted by atomic mass is 10.3. The average molecular weight is 261 g/mol. The number of esters is 1. The van der Waals surface area contributed by atoms with Crippen LogP contribution in [0.5, 0.6) is 0 Å². The molecule has 0 spiro atoms. The van der Waals surface area contributed by atoms with Crippen LogP contribution in [0.2, 0.25) is 0 Å². The zero-order valence-corrected chi connectivity index (χ0v) is 11.1. The molecule has 0 bridgehead atoms. The molecule has 2 heterocycles. The standard InChI is InChI=1S/C14H15NO4/c1-9-6-11(8-16)10(2)15(9)7-12-4-5-13(19-12)14(17)18-3/h4-6,8H,7H2,1-3H3. The van der Waals surface area contributed by atoms with Crippen molar-refractivity contribution in [1.82, 2.24) is 4.57 Å². The number of hydrogen-bond acceptors (Lipinski definition) is 4. The Hall–Kier alpha value is -2.30. The smallest absolute Gasteiger partial charge is 0.373 e. The van der Waals surface area contributed by atoms with Crippen LogP contribution in [-0.4, -0.2) is 23.9 Å². The number of aldehydes is 1. The van der Waals surface area contributed by atoms with E-state index in [2.05, 4.69) is 4.74 Å². The molecule has 100 valence electrons. The Morgan fingerprint density at radius 1 is 1.42 bits per heavy atom. The summed E-state index contributed by atoms with van der Waals surface area (Å²) in [5, 5.41) is 0. The second-order valence-corrected chi connectivity index (χ2v) is 4.29. The van der Waals surface area contributed by atoms with Crippen molar-refractivity contribution in [2.75, 3.05) is 7.11 Å². The molecule has 0 unspecified atom stereocenters. The van der Waals surface area contributed by atoms with Gasteiger partial charge in [-0.3, -0.25) is 4.79 Å². The lowest BCUT2D eigenvalue weighted by molar-refractivity contribution is 0.0563. The molecule has 2 rings (SSSR count). The van der Waals surface area contributed by atoms with Gasteiger partial charge in [0.2, 0.25) is 5.76 Å². The van der Waals surface area contributed by atoms with Gasteiger partial charge in [0.1, 0.15) is 5.76 Å². The number of carbonyl (C=O) groups excluding carboxylic acids is 2. The Morgan fingerprint density at radius 2 is 2.16 bits per heavy atom. The summed E-state index contributed by atoms with van der Waals surface area (Å²) in [6, 6.07) is 5.13. The van der Waals surface area contributed by atoms with Gasteiger partial charge in [0, 0.05) is 17.0 Å². The van der Waals surface area contributed by atoms with E-state index < -0.39 is 5.97 Å². The predicted octanol–water partition coefficient (Wildman–Crippen LogP) is 2.35. The van der Waals surface area contributed by atoms with Gasteiger partial charge in [0.25, 0.3) is 0 Å². The summed E-state index contributed by atoms with van der Waals surface area (Å²) >= 11 is 0. The molecule has 5 nitrogen and oxygen atoms in total. The number of methoxy groups -OCH3 is 1. The zero-order chi connectivity index (χ0) is 14.0. The second kappa shape index (κ2) is 5.14. The molecule has 2 aromatic rings. The van der Waals surface area contributed by atoms with Gasteiger partial charge in [-0.15, -0.1) is 0 Å². The highest BCUT2D eigenvalue weighted by Gasteiger charge is 2.13. The lowest BCUT2D eigenvalue weighted by Crippen LogP contribution is -2.04. The number of carbonyl (C=O) groups is 2. The third-order valence-corrected chi connectivity index (χ3v) is 3.10. The highest BCUT2D eigenvalue weighted by Crippen LogP contribution is 2.17. The number of ether oxygens (including phenoxy) is 1. The van der Waals surface area contributed by atoms with Crippen LogP contribution in [0.15, 0.2) is 22.6 Å². The Labute approximate surface area is 110 Å². The maximum Gasteiger partial charge on any atom is 0.373 e. The van der Waals surface area contributed by atoms with Gasteiger partial charge < -0.3 is 13.7 Å². The first-order valence-electron chi connectivity index (χ1n) is 5.85. The molecular formula is C14H15NO4. The summed E-state index contributed by atoms with van der Waals surface area (Å²) in [6.07, 6.45) is 0.834. The topological polar surface area (TPSA) is 61.4 Å². The summed E-state index contributed by atoms with van der Waals surface area (Å²) in [6.45, 7) is 4.27. The summed E-state index contributed by atoms with van der Waals surface area (Å²) in [4.78, 5) is 22.2. The van der Waals surface area contributed by atoms with Gasteiger partial charge in [-0.05, 0) is 32.0 Å². The van der Waals surface area contributed by atoms with Crippen LogP contribution in [0, 0.1) is 13.8 Å². The molecule has 0 N–H and O–H groups in total. The van der Waals surface area contributed by atoms with E-state index in [1.54, 1.807) is 12.1 Å². The molecule has 0 aliphatic heterocycles. The first kappa shape index (κ1) is 13.1.